The highest BCUT2D eigenvalue weighted by molar-refractivity contribution is 7.92. The molecule has 33 heavy (non-hydrogen) atoms. The molecule has 3 aromatic rings. The Hall–Kier alpha value is -3.10. The van der Waals surface area contributed by atoms with Gasteiger partial charge >= 0.3 is 0 Å². The van der Waals surface area contributed by atoms with E-state index in [1.807, 2.05) is 24.3 Å². The fourth-order valence-electron chi connectivity index (χ4n) is 3.69. The van der Waals surface area contributed by atoms with E-state index in [9.17, 15) is 17.6 Å². The first-order valence-electron chi connectivity index (χ1n) is 10.4. The molecular formula is C24H23ClFN3O3S. The number of hydrogen-bond acceptors (Lipinski definition) is 4. The van der Waals surface area contributed by atoms with Gasteiger partial charge in [-0.2, -0.15) is 0 Å². The monoisotopic (exact) mass is 487 g/mol. The van der Waals surface area contributed by atoms with E-state index in [1.165, 1.54) is 18.2 Å². The fourth-order valence-corrected chi connectivity index (χ4v) is 4.94. The number of carbonyl (C=O) groups excluding carboxylic acids is 1. The topological polar surface area (TPSA) is 69.7 Å². The van der Waals surface area contributed by atoms with Gasteiger partial charge in [-0.15, -0.1) is 0 Å². The Morgan fingerprint density at radius 1 is 0.970 bits per heavy atom. The number of carbonyl (C=O) groups is 1. The van der Waals surface area contributed by atoms with Crippen LogP contribution in [-0.4, -0.2) is 45.4 Å². The molecule has 0 radical (unpaired) electrons. The van der Waals surface area contributed by atoms with Crippen LogP contribution >= 0.6 is 11.6 Å². The van der Waals surface area contributed by atoms with Gasteiger partial charge in [0.05, 0.1) is 4.90 Å². The van der Waals surface area contributed by atoms with Crippen molar-refractivity contribution in [3.8, 4) is 0 Å². The van der Waals surface area contributed by atoms with Gasteiger partial charge in [0.2, 0.25) is 0 Å². The third-order valence-electron chi connectivity index (χ3n) is 5.56. The molecule has 0 bridgehead atoms. The lowest BCUT2D eigenvalue weighted by Crippen LogP contribution is -2.48. The van der Waals surface area contributed by atoms with Gasteiger partial charge in [0, 0.05) is 48.1 Å². The molecule has 1 heterocycles. The summed E-state index contributed by atoms with van der Waals surface area (Å²) in [7, 11) is -3.99. The van der Waals surface area contributed by atoms with Crippen LogP contribution in [0.15, 0.2) is 71.6 Å². The molecule has 1 fully saturated rings. The van der Waals surface area contributed by atoms with Gasteiger partial charge in [0.25, 0.3) is 15.9 Å². The van der Waals surface area contributed by atoms with Crippen molar-refractivity contribution in [3.63, 3.8) is 0 Å². The molecule has 1 N–H and O–H groups in total. The fraction of sp³-hybridized carbons (Fsp3) is 0.208. The number of piperazine rings is 1. The predicted octanol–water partition coefficient (Wildman–Crippen LogP) is 4.55. The number of halogens is 2. The van der Waals surface area contributed by atoms with Crippen molar-refractivity contribution in [1.82, 2.24) is 4.90 Å². The first-order chi connectivity index (χ1) is 15.7. The molecule has 1 amide bonds. The second-order valence-corrected chi connectivity index (χ2v) is 9.98. The van der Waals surface area contributed by atoms with Crippen LogP contribution in [0.5, 0.6) is 0 Å². The van der Waals surface area contributed by atoms with Crippen LogP contribution < -0.4 is 9.62 Å². The van der Waals surface area contributed by atoms with Crippen molar-refractivity contribution >= 4 is 38.9 Å². The van der Waals surface area contributed by atoms with Crippen molar-refractivity contribution in [2.24, 2.45) is 0 Å². The zero-order valence-electron chi connectivity index (χ0n) is 18.0. The van der Waals surface area contributed by atoms with Crippen molar-refractivity contribution in [2.75, 3.05) is 35.8 Å². The second-order valence-electron chi connectivity index (χ2n) is 7.86. The summed E-state index contributed by atoms with van der Waals surface area (Å²) in [6.07, 6.45) is 0. The molecule has 0 spiro atoms. The van der Waals surface area contributed by atoms with E-state index < -0.39 is 15.8 Å². The quantitative estimate of drug-likeness (QED) is 0.573. The van der Waals surface area contributed by atoms with Gasteiger partial charge in [-0.3, -0.25) is 9.52 Å². The Kier molecular flexibility index (Phi) is 6.58. The number of nitrogens with one attached hydrogen (secondary N) is 1. The minimum absolute atomic E-state index is 0.178. The van der Waals surface area contributed by atoms with Crippen LogP contribution in [0.1, 0.15) is 15.9 Å². The van der Waals surface area contributed by atoms with E-state index in [-0.39, 0.29) is 16.5 Å². The number of sulfonamides is 1. The number of anilines is 2. The van der Waals surface area contributed by atoms with Gasteiger partial charge in [-0.1, -0.05) is 29.8 Å². The number of benzene rings is 3. The third-order valence-corrected chi connectivity index (χ3v) is 7.17. The highest BCUT2D eigenvalue weighted by Crippen LogP contribution is 2.23. The lowest BCUT2D eigenvalue weighted by molar-refractivity contribution is 0.0747. The summed E-state index contributed by atoms with van der Waals surface area (Å²) in [5.41, 5.74) is 1.98. The first-order valence-corrected chi connectivity index (χ1v) is 12.3. The van der Waals surface area contributed by atoms with Crippen molar-refractivity contribution in [1.29, 1.82) is 0 Å². The first kappa shape index (κ1) is 23.1. The number of nitrogens with zero attached hydrogens (tertiary/aromatic N) is 2. The van der Waals surface area contributed by atoms with Crippen LogP contribution in [0, 0.1) is 12.7 Å². The minimum atomic E-state index is -3.99. The summed E-state index contributed by atoms with van der Waals surface area (Å²) < 4.78 is 41.6. The molecule has 0 atom stereocenters. The number of aryl methyl sites for hydroxylation is 1. The molecule has 3 aromatic carbocycles. The van der Waals surface area contributed by atoms with Gasteiger partial charge < -0.3 is 9.80 Å². The van der Waals surface area contributed by atoms with Crippen LogP contribution in [-0.2, 0) is 10.0 Å². The van der Waals surface area contributed by atoms with Gasteiger partial charge in [-0.05, 0) is 61.0 Å². The normalized spacial score (nSPS) is 14.3. The van der Waals surface area contributed by atoms with E-state index in [4.69, 9.17) is 11.6 Å². The van der Waals surface area contributed by atoms with Crippen molar-refractivity contribution in [2.45, 2.75) is 11.8 Å². The lowest BCUT2D eigenvalue weighted by Gasteiger charge is -2.36. The number of rotatable bonds is 5. The molecule has 1 aliphatic rings. The Morgan fingerprint density at radius 3 is 2.39 bits per heavy atom. The molecule has 4 rings (SSSR count). The van der Waals surface area contributed by atoms with Crippen molar-refractivity contribution in [3.05, 3.63) is 88.7 Å². The second kappa shape index (κ2) is 9.41. The molecule has 0 aromatic heterocycles. The van der Waals surface area contributed by atoms with Crippen LogP contribution in [0.25, 0.3) is 0 Å². The average Bonchev–Trinajstić information content (AvgIpc) is 2.80. The van der Waals surface area contributed by atoms with Crippen molar-refractivity contribution < 1.29 is 17.6 Å². The standard InChI is InChI=1S/C24H23ClFN3O3S/c1-17-8-9-22(16-23(17)26)33(31,32)27-20-6-2-4-18(14-20)24(30)29-12-10-28(11-13-29)21-7-3-5-19(25)15-21/h2-9,14-16,27H,10-13H2,1H3. The molecular weight excluding hydrogens is 465 g/mol. The molecule has 1 aliphatic heterocycles. The largest absolute Gasteiger partial charge is 0.368 e. The summed E-state index contributed by atoms with van der Waals surface area (Å²) in [6.45, 7) is 3.95. The summed E-state index contributed by atoms with van der Waals surface area (Å²) in [4.78, 5) is 16.8. The third kappa shape index (κ3) is 5.29. The zero-order valence-corrected chi connectivity index (χ0v) is 19.5. The lowest BCUT2D eigenvalue weighted by atomic mass is 10.1. The van der Waals surface area contributed by atoms with Gasteiger partial charge in [0.1, 0.15) is 5.82 Å². The smallest absolute Gasteiger partial charge is 0.261 e. The highest BCUT2D eigenvalue weighted by atomic mass is 35.5. The minimum Gasteiger partial charge on any atom is -0.368 e. The average molecular weight is 488 g/mol. The van der Waals surface area contributed by atoms with Crippen LogP contribution in [0.2, 0.25) is 5.02 Å². The number of hydrogen-bond donors (Lipinski definition) is 1. The molecule has 1 saturated heterocycles. The summed E-state index contributed by atoms with van der Waals surface area (Å²) in [6, 6.07) is 17.6. The van der Waals surface area contributed by atoms with E-state index in [2.05, 4.69) is 9.62 Å². The highest BCUT2D eigenvalue weighted by Gasteiger charge is 2.23. The Morgan fingerprint density at radius 2 is 1.70 bits per heavy atom. The summed E-state index contributed by atoms with van der Waals surface area (Å²) in [5.74, 6) is -0.776. The molecule has 0 saturated carbocycles. The molecule has 6 nitrogen and oxygen atoms in total. The Balaban J connectivity index is 1.44. The van der Waals surface area contributed by atoms with E-state index in [1.54, 1.807) is 30.0 Å². The summed E-state index contributed by atoms with van der Waals surface area (Å²) in [5, 5.41) is 0.665. The van der Waals surface area contributed by atoms with Crippen LogP contribution in [0.3, 0.4) is 0 Å². The molecule has 9 heteroatoms. The van der Waals surface area contributed by atoms with E-state index in [0.29, 0.717) is 42.3 Å². The van der Waals surface area contributed by atoms with E-state index in [0.717, 1.165) is 11.8 Å². The number of amides is 1. The molecule has 0 unspecified atom stereocenters. The van der Waals surface area contributed by atoms with E-state index >= 15 is 0 Å². The van der Waals surface area contributed by atoms with Gasteiger partial charge in [0.15, 0.2) is 0 Å². The maximum absolute atomic E-state index is 13.8. The molecule has 0 aliphatic carbocycles. The zero-order chi connectivity index (χ0) is 23.6. The summed E-state index contributed by atoms with van der Waals surface area (Å²) >= 11 is 6.08. The van der Waals surface area contributed by atoms with Crippen LogP contribution in [0.4, 0.5) is 15.8 Å². The predicted molar refractivity (Wildman–Crippen MR) is 128 cm³/mol. The molecule has 172 valence electrons. The SMILES string of the molecule is Cc1ccc(S(=O)(=O)Nc2cccc(C(=O)N3CCN(c4cccc(Cl)c4)CC3)c2)cc1F. The Bertz CT molecular complexity index is 1290. The maximum Gasteiger partial charge on any atom is 0.261 e. The maximum atomic E-state index is 13.8. The van der Waals surface area contributed by atoms with Gasteiger partial charge in [-0.25, -0.2) is 12.8 Å². The Labute approximate surface area is 197 Å².